The fraction of sp³-hybridized carbons (Fsp3) is 0.875. The molecule has 1 rings (SSSR count). The van der Waals surface area contributed by atoms with Crippen molar-refractivity contribution in [3.8, 4) is 0 Å². The second-order valence-corrected chi connectivity index (χ2v) is 3.59. The van der Waals surface area contributed by atoms with E-state index in [1.54, 1.807) is 0 Å². The molecule has 1 aliphatic heterocycles. The molecule has 0 bridgehead atoms. The van der Waals surface area contributed by atoms with Gasteiger partial charge in [0.15, 0.2) is 6.29 Å². The van der Waals surface area contributed by atoms with Crippen LogP contribution >= 0.6 is 0 Å². The van der Waals surface area contributed by atoms with Gasteiger partial charge >= 0.3 is 0 Å². The number of hydroxylamine groups is 2. The quantitative estimate of drug-likeness (QED) is 0.200. The van der Waals surface area contributed by atoms with Crippen LogP contribution in [0.15, 0.2) is 0 Å². The van der Waals surface area contributed by atoms with Crippen molar-refractivity contribution in [1.29, 1.82) is 0 Å². The molecule has 8 heteroatoms. The Morgan fingerprint density at radius 3 is 2.31 bits per heavy atom. The highest BCUT2D eigenvalue weighted by molar-refractivity contribution is 5.44. The first-order valence-corrected chi connectivity index (χ1v) is 4.76. The smallest absolute Gasteiger partial charge is 0.233 e. The Labute approximate surface area is 91.2 Å². The Balaban J connectivity index is 2.50. The SMILES string of the molecule is O=CN(O)CCC1O[C@H](O)C(O)C(O)[C@@H]1O. The van der Waals surface area contributed by atoms with E-state index in [-0.39, 0.29) is 19.4 Å². The van der Waals surface area contributed by atoms with Crippen LogP contribution in [-0.2, 0) is 9.53 Å². The molecule has 1 fully saturated rings. The summed E-state index contributed by atoms with van der Waals surface area (Å²) in [6.45, 7) is -0.124. The molecule has 0 radical (unpaired) electrons. The number of carbonyl (C=O) groups excluding carboxylic acids is 1. The van der Waals surface area contributed by atoms with Crippen LogP contribution in [0.25, 0.3) is 0 Å². The maximum Gasteiger partial charge on any atom is 0.233 e. The monoisotopic (exact) mass is 237 g/mol. The van der Waals surface area contributed by atoms with Crippen LogP contribution in [0.4, 0.5) is 0 Å². The lowest BCUT2D eigenvalue weighted by Gasteiger charge is -2.38. The number of rotatable bonds is 4. The number of amides is 1. The van der Waals surface area contributed by atoms with E-state index in [0.717, 1.165) is 0 Å². The van der Waals surface area contributed by atoms with Gasteiger partial charge in [0.25, 0.3) is 0 Å². The summed E-state index contributed by atoms with van der Waals surface area (Å²) in [7, 11) is 0. The molecular formula is C8H15NO7. The van der Waals surface area contributed by atoms with Gasteiger partial charge in [0, 0.05) is 0 Å². The molecule has 5 atom stereocenters. The van der Waals surface area contributed by atoms with Gasteiger partial charge in [-0.05, 0) is 6.42 Å². The van der Waals surface area contributed by atoms with Gasteiger partial charge in [-0.15, -0.1) is 0 Å². The van der Waals surface area contributed by atoms with Gasteiger partial charge in [-0.3, -0.25) is 10.0 Å². The Kier molecular flexibility index (Phi) is 4.59. The van der Waals surface area contributed by atoms with E-state index < -0.39 is 30.7 Å². The first-order valence-electron chi connectivity index (χ1n) is 4.76. The molecule has 0 aliphatic carbocycles. The first-order chi connectivity index (χ1) is 7.47. The third-order valence-corrected chi connectivity index (χ3v) is 2.45. The molecule has 1 heterocycles. The van der Waals surface area contributed by atoms with E-state index in [4.69, 9.17) is 20.2 Å². The van der Waals surface area contributed by atoms with Gasteiger partial charge in [0.1, 0.15) is 18.3 Å². The molecule has 0 spiro atoms. The third-order valence-electron chi connectivity index (χ3n) is 2.45. The third kappa shape index (κ3) is 2.88. The molecule has 0 aromatic rings. The largest absolute Gasteiger partial charge is 0.388 e. The number of aliphatic hydroxyl groups excluding tert-OH is 4. The molecule has 1 amide bonds. The molecule has 16 heavy (non-hydrogen) atoms. The molecule has 3 unspecified atom stereocenters. The van der Waals surface area contributed by atoms with Crippen LogP contribution in [0, 0.1) is 0 Å². The first kappa shape index (κ1) is 13.3. The predicted molar refractivity (Wildman–Crippen MR) is 48.1 cm³/mol. The van der Waals surface area contributed by atoms with Crippen LogP contribution < -0.4 is 0 Å². The minimum Gasteiger partial charge on any atom is -0.388 e. The Hall–Kier alpha value is -0.770. The maximum atomic E-state index is 10.1. The van der Waals surface area contributed by atoms with E-state index in [1.165, 1.54) is 0 Å². The standard InChI is InChI=1S/C8H15NO7/c10-3-9(15)2-1-4-5(11)6(12)7(13)8(14)16-4/h3-8,11-15H,1-2H2/t4?,5-,6?,7?,8+/m1/s1. The molecule has 5 N–H and O–H groups in total. The highest BCUT2D eigenvalue weighted by atomic mass is 16.6. The van der Waals surface area contributed by atoms with Gasteiger partial charge in [0.2, 0.25) is 6.41 Å². The van der Waals surface area contributed by atoms with Gasteiger partial charge in [0.05, 0.1) is 12.6 Å². The minimum absolute atomic E-state index is 0.0112. The number of hydrogen-bond acceptors (Lipinski definition) is 7. The lowest BCUT2D eigenvalue weighted by molar-refractivity contribution is -0.284. The fourth-order valence-corrected chi connectivity index (χ4v) is 1.48. The van der Waals surface area contributed by atoms with Gasteiger partial charge in [-0.25, -0.2) is 5.06 Å². The fourth-order valence-electron chi connectivity index (χ4n) is 1.48. The summed E-state index contributed by atoms with van der Waals surface area (Å²) in [4.78, 5) is 10.1. The van der Waals surface area contributed by atoms with E-state index in [9.17, 15) is 15.0 Å². The molecule has 0 aromatic heterocycles. The number of nitrogens with zero attached hydrogens (tertiary/aromatic N) is 1. The zero-order chi connectivity index (χ0) is 12.3. The summed E-state index contributed by atoms with van der Waals surface area (Å²) in [5.74, 6) is 0. The predicted octanol–water partition coefficient (Wildman–Crippen LogP) is -2.98. The molecule has 0 aromatic carbocycles. The normalized spacial score (nSPS) is 39.4. The van der Waals surface area contributed by atoms with E-state index in [1.807, 2.05) is 0 Å². The summed E-state index contributed by atoms with van der Waals surface area (Å²) < 4.78 is 4.82. The van der Waals surface area contributed by atoms with Crippen LogP contribution in [0.1, 0.15) is 6.42 Å². The molecule has 1 aliphatic rings. The molecule has 1 saturated heterocycles. The minimum atomic E-state index is -1.60. The van der Waals surface area contributed by atoms with Crippen LogP contribution in [0.3, 0.4) is 0 Å². The van der Waals surface area contributed by atoms with Gasteiger partial charge < -0.3 is 25.2 Å². The van der Waals surface area contributed by atoms with Crippen molar-refractivity contribution in [2.45, 2.75) is 37.1 Å². The van der Waals surface area contributed by atoms with E-state index >= 15 is 0 Å². The van der Waals surface area contributed by atoms with Gasteiger partial charge in [-0.2, -0.15) is 0 Å². The number of hydrogen-bond donors (Lipinski definition) is 5. The second kappa shape index (κ2) is 5.53. The van der Waals surface area contributed by atoms with Crippen molar-refractivity contribution in [1.82, 2.24) is 5.06 Å². The Morgan fingerprint density at radius 2 is 1.75 bits per heavy atom. The van der Waals surface area contributed by atoms with Crippen molar-refractivity contribution in [3.63, 3.8) is 0 Å². The van der Waals surface area contributed by atoms with Crippen LogP contribution in [0.2, 0.25) is 0 Å². The summed E-state index contributed by atoms with van der Waals surface area (Å²) in [5, 5.41) is 46.3. The zero-order valence-electron chi connectivity index (χ0n) is 8.38. The van der Waals surface area contributed by atoms with Crippen LogP contribution in [-0.4, -0.2) is 74.4 Å². The highest BCUT2D eigenvalue weighted by Gasteiger charge is 2.42. The topological polar surface area (TPSA) is 131 Å². The second-order valence-electron chi connectivity index (χ2n) is 3.59. The van der Waals surface area contributed by atoms with Crippen molar-refractivity contribution in [2.24, 2.45) is 0 Å². The van der Waals surface area contributed by atoms with Crippen molar-refractivity contribution < 1.29 is 35.2 Å². The van der Waals surface area contributed by atoms with E-state index in [2.05, 4.69) is 0 Å². The molecule has 8 nitrogen and oxygen atoms in total. The van der Waals surface area contributed by atoms with Crippen molar-refractivity contribution >= 4 is 6.41 Å². The summed E-state index contributed by atoms with van der Waals surface area (Å²) in [6.07, 6.45) is -6.89. The van der Waals surface area contributed by atoms with Crippen molar-refractivity contribution in [3.05, 3.63) is 0 Å². The molecular weight excluding hydrogens is 222 g/mol. The summed E-state index contributed by atoms with van der Waals surface area (Å²) >= 11 is 0. The number of aliphatic hydroxyl groups is 4. The maximum absolute atomic E-state index is 10.1. The van der Waals surface area contributed by atoms with Crippen molar-refractivity contribution in [2.75, 3.05) is 6.54 Å². The summed E-state index contributed by atoms with van der Waals surface area (Å²) in [6, 6.07) is 0. The zero-order valence-corrected chi connectivity index (χ0v) is 8.38. The highest BCUT2D eigenvalue weighted by Crippen LogP contribution is 2.21. The number of ether oxygens (including phenoxy) is 1. The Morgan fingerprint density at radius 1 is 1.12 bits per heavy atom. The van der Waals surface area contributed by atoms with E-state index in [0.29, 0.717) is 5.06 Å². The lowest BCUT2D eigenvalue weighted by atomic mass is 9.97. The summed E-state index contributed by atoms with van der Waals surface area (Å²) in [5.41, 5.74) is 0. The number of carbonyl (C=O) groups is 1. The average molecular weight is 237 g/mol. The van der Waals surface area contributed by atoms with Crippen LogP contribution in [0.5, 0.6) is 0 Å². The average Bonchev–Trinajstić information content (AvgIpc) is 2.28. The Bertz CT molecular complexity index is 238. The molecule has 0 saturated carbocycles. The lowest BCUT2D eigenvalue weighted by Crippen LogP contribution is -2.57. The molecule has 94 valence electrons. The van der Waals surface area contributed by atoms with Gasteiger partial charge in [-0.1, -0.05) is 0 Å².